The first-order chi connectivity index (χ1) is 11.4. The molecule has 0 aliphatic carbocycles. The van der Waals surface area contributed by atoms with Crippen LogP contribution < -0.4 is 0 Å². The topological polar surface area (TPSA) is 18.5 Å². The van der Waals surface area contributed by atoms with Gasteiger partial charge in [0.15, 0.2) is 0 Å². The van der Waals surface area contributed by atoms with Gasteiger partial charge in [0.1, 0.15) is 0 Å². The molecule has 0 aliphatic heterocycles. The second kappa shape index (κ2) is 15.4. The lowest BCUT2D eigenvalue weighted by molar-refractivity contribution is 0.0704. The van der Waals surface area contributed by atoms with Crippen LogP contribution in [0.5, 0.6) is 0 Å². The standard InChI is InChI=1S/C22H38O2/c1-19(2)9-7-11-21(5)13-15-23-17-18-24-16-14-22(6)12-8-10-20(3)4/h9-10,13-14H,7-8,11-12,15-18H2,1-6H3/b21-13-,22-14-. The van der Waals surface area contributed by atoms with E-state index in [-0.39, 0.29) is 0 Å². The molecule has 0 radical (unpaired) electrons. The van der Waals surface area contributed by atoms with Crippen LogP contribution in [0.3, 0.4) is 0 Å². The number of ether oxygens (including phenoxy) is 2. The summed E-state index contributed by atoms with van der Waals surface area (Å²) in [6.45, 7) is 15.6. The molecule has 138 valence electrons. The third kappa shape index (κ3) is 17.2. The SMILES string of the molecule is CC(C)=CCC/C(C)=C\COCCOC/C=C(/C)CCC=C(C)C. The molecule has 0 atom stereocenters. The minimum Gasteiger partial charge on any atom is -0.375 e. The summed E-state index contributed by atoms with van der Waals surface area (Å²) in [4.78, 5) is 0. The minimum atomic E-state index is 0.655. The van der Waals surface area contributed by atoms with Crippen LogP contribution in [0.4, 0.5) is 0 Å². The van der Waals surface area contributed by atoms with E-state index in [9.17, 15) is 0 Å². The van der Waals surface area contributed by atoms with Gasteiger partial charge in [-0.2, -0.15) is 0 Å². The Bertz CT molecular complexity index is 389. The van der Waals surface area contributed by atoms with Crippen LogP contribution in [0, 0.1) is 0 Å². The molecule has 0 saturated heterocycles. The summed E-state index contributed by atoms with van der Waals surface area (Å²) in [5.41, 5.74) is 5.56. The van der Waals surface area contributed by atoms with Crippen molar-refractivity contribution in [1.29, 1.82) is 0 Å². The average molecular weight is 335 g/mol. The number of rotatable bonds is 13. The lowest BCUT2D eigenvalue weighted by Gasteiger charge is -2.04. The molecule has 0 spiro atoms. The second-order valence-corrected chi connectivity index (χ2v) is 6.89. The van der Waals surface area contributed by atoms with Gasteiger partial charge in [0.2, 0.25) is 0 Å². The zero-order valence-electron chi connectivity index (χ0n) is 16.8. The highest BCUT2D eigenvalue weighted by Crippen LogP contribution is 2.07. The first-order valence-electron chi connectivity index (χ1n) is 9.15. The molecule has 2 nitrogen and oxygen atoms in total. The lowest BCUT2D eigenvalue weighted by Crippen LogP contribution is -2.04. The third-order valence-corrected chi connectivity index (χ3v) is 3.65. The fraction of sp³-hybridized carbons (Fsp3) is 0.636. The first-order valence-corrected chi connectivity index (χ1v) is 9.15. The molecule has 0 aromatic heterocycles. The van der Waals surface area contributed by atoms with E-state index in [0.717, 1.165) is 25.7 Å². The van der Waals surface area contributed by atoms with Crippen molar-refractivity contribution < 1.29 is 9.47 Å². The fourth-order valence-corrected chi connectivity index (χ4v) is 2.07. The average Bonchev–Trinajstić information content (AvgIpc) is 2.49. The van der Waals surface area contributed by atoms with E-state index >= 15 is 0 Å². The fourth-order valence-electron chi connectivity index (χ4n) is 2.07. The second-order valence-electron chi connectivity index (χ2n) is 6.89. The van der Waals surface area contributed by atoms with E-state index in [1.165, 1.54) is 22.3 Å². The van der Waals surface area contributed by atoms with Gasteiger partial charge in [0, 0.05) is 0 Å². The summed E-state index contributed by atoms with van der Waals surface area (Å²) in [7, 11) is 0. The van der Waals surface area contributed by atoms with Crippen LogP contribution in [-0.2, 0) is 9.47 Å². The Morgan fingerprint density at radius 1 is 0.583 bits per heavy atom. The molecule has 0 N–H and O–H groups in total. The highest BCUT2D eigenvalue weighted by molar-refractivity contribution is 5.03. The molecule has 0 saturated carbocycles. The minimum absolute atomic E-state index is 0.655. The zero-order valence-corrected chi connectivity index (χ0v) is 16.8. The molecule has 0 aromatic rings. The number of hydrogen-bond donors (Lipinski definition) is 0. The van der Waals surface area contributed by atoms with E-state index in [1.807, 2.05) is 0 Å². The van der Waals surface area contributed by atoms with Crippen molar-refractivity contribution >= 4 is 0 Å². The monoisotopic (exact) mass is 334 g/mol. The van der Waals surface area contributed by atoms with Gasteiger partial charge < -0.3 is 9.47 Å². The van der Waals surface area contributed by atoms with Gasteiger partial charge >= 0.3 is 0 Å². The van der Waals surface area contributed by atoms with Crippen molar-refractivity contribution in [3.05, 3.63) is 46.6 Å². The maximum Gasteiger partial charge on any atom is 0.0704 e. The Morgan fingerprint density at radius 2 is 0.958 bits per heavy atom. The Kier molecular flexibility index (Phi) is 14.7. The van der Waals surface area contributed by atoms with E-state index in [0.29, 0.717) is 26.4 Å². The van der Waals surface area contributed by atoms with Gasteiger partial charge in [-0.05, 0) is 67.2 Å². The highest BCUT2D eigenvalue weighted by Gasteiger charge is 1.92. The molecule has 0 heterocycles. The molecule has 2 heteroatoms. The quantitative estimate of drug-likeness (QED) is 0.286. The maximum absolute atomic E-state index is 5.58. The van der Waals surface area contributed by atoms with Gasteiger partial charge in [-0.25, -0.2) is 0 Å². The predicted octanol–water partition coefficient (Wildman–Crippen LogP) is 6.41. The molecular weight excluding hydrogens is 296 g/mol. The van der Waals surface area contributed by atoms with Crippen LogP contribution >= 0.6 is 0 Å². The van der Waals surface area contributed by atoms with Crippen LogP contribution in [-0.4, -0.2) is 26.4 Å². The van der Waals surface area contributed by atoms with Gasteiger partial charge in [-0.3, -0.25) is 0 Å². The largest absolute Gasteiger partial charge is 0.375 e. The van der Waals surface area contributed by atoms with Crippen LogP contribution in [0.15, 0.2) is 46.6 Å². The van der Waals surface area contributed by atoms with Gasteiger partial charge in [0.05, 0.1) is 26.4 Å². The van der Waals surface area contributed by atoms with Crippen molar-refractivity contribution in [2.45, 2.75) is 67.2 Å². The van der Waals surface area contributed by atoms with Gasteiger partial charge in [0.25, 0.3) is 0 Å². The van der Waals surface area contributed by atoms with E-state index < -0.39 is 0 Å². The van der Waals surface area contributed by atoms with Crippen molar-refractivity contribution in [2.24, 2.45) is 0 Å². The number of allylic oxidation sites excluding steroid dienone is 6. The predicted molar refractivity (Wildman–Crippen MR) is 106 cm³/mol. The molecule has 0 fully saturated rings. The molecule has 0 bridgehead atoms. The Balaban J connectivity index is 3.59. The molecule has 0 rings (SSSR count). The van der Waals surface area contributed by atoms with Crippen LogP contribution in [0.1, 0.15) is 67.2 Å². The summed E-state index contributed by atoms with van der Waals surface area (Å²) in [5, 5.41) is 0. The summed E-state index contributed by atoms with van der Waals surface area (Å²) < 4.78 is 11.2. The molecule has 0 amide bonds. The summed E-state index contributed by atoms with van der Waals surface area (Å²) in [5.74, 6) is 0. The third-order valence-electron chi connectivity index (χ3n) is 3.65. The Morgan fingerprint density at radius 3 is 1.29 bits per heavy atom. The zero-order chi connectivity index (χ0) is 18.2. The molecule has 0 unspecified atom stereocenters. The first kappa shape index (κ1) is 22.9. The van der Waals surface area contributed by atoms with Crippen molar-refractivity contribution in [3.8, 4) is 0 Å². The van der Waals surface area contributed by atoms with Gasteiger partial charge in [-0.15, -0.1) is 0 Å². The molecule has 0 aromatic carbocycles. The summed E-state index contributed by atoms with van der Waals surface area (Å²) in [6, 6.07) is 0. The van der Waals surface area contributed by atoms with Crippen LogP contribution in [0.25, 0.3) is 0 Å². The normalized spacial score (nSPS) is 12.2. The number of hydrogen-bond acceptors (Lipinski definition) is 2. The maximum atomic E-state index is 5.58. The van der Waals surface area contributed by atoms with E-state index in [2.05, 4.69) is 65.8 Å². The van der Waals surface area contributed by atoms with E-state index in [4.69, 9.17) is 9.47 Å². The molecule has 24 heavy (non-hydrogen) atoms. The van der Waals surface area contributed by atoms with Crippen LogP contribution in [0.2, 0.25) is 0 Å². The molecule has 0 aliphatic rings. The molecular formula is C22H38O2. The van der Waals surface area contributed by atoms with Gasteiger partial charge in [-0.1, -0.05) is 46.6 Å². The van der Waals surface area contributed by atoms with Crippen molar-refractivity contribution in [2.75, 3.05) is 26.4 Å². The summed E-state index contributed by atoms with van der Waals surface area (Å²) in [6.07, 6.45) is 13.4. The highest BCUT2D eigenvalue weighted by atomic mass is 16.5. The Labute approximate surface area is 150 Å². The van der Waals surface area contributed by atoms with Crippen molar-refractivity contribution in [1.82, 2.24) is 0 Å². The summed E-state index contributed by atoms with van der Waals surface area (Å²) >= 11 is 0. The Hall–Kier alpha value is -1.12. The van der Waals surface area contributed by atoms with Crippen molar-refractivity contribution in [3.63, 3.8) is 0 Å². The smallest absolute Gasteiger partial charge is 0.0704 e. The van der Waals surface area contributed by atoms with E-state index in [1.54, 1.807) is 0 Å². The lowest BCUT2D eigenvalue weighted by atomic mass is 10.1.